The zero-order valence-electron chi connectivity index (χ0n) is 12.7. The third-order valence-electron chi connectivity index (χ3n) is 3.12. The molecule has 0 aliphatic heterocycles. The molecule has 6 nitrogen and oxygen atoms in total. The number of anilines is 2. The number of benzene rings is 1. The van der Waals surface area contributed by atoms with Gasteiger partial charge in [-0.25, -0.2) is 13.4 Å². The molecule has 0 fully saturated rings. The largest absolute Gasteiger partial charge is 0.394 e. The first-order valence-electron chi connectivity index (χ1n) is 6.94. The van der Waals surface area contributed by atoms with E-state index in [1.54, 1.807) is 37.3 Å². The van der Waals surface area contributed by atoms with E-state index in [-0.39, 0.29) is 17.5 Å². The van der Waals surface area contributed by atoms with Crippen molar-refractivity contribution < 1.29 is 13.5 Å². The van der Waals surface area contributed by atoms with Gasteiger partial charge in [0.1, 0.15) is 4.60 Å². The standard InChI is InChI=1S/C15H18BrN3O3S/c1-10-3-5-12(6-4-10)23(21,22)19-13-7-15(16)17-8-14(13)18-11(2)9-20/h3-8,11,18,20H,9H2,1-2H3,(H,17,19). The van der Waals surface area contributed by atoms with Crippen LogP contribution in [0.1, 0.15) is 12.5 Å². The first-order valence-corrected chi connectivity index (χ1v) is 9.22. The van der Waals surface area contributed by atoms with Crippen LogP contribution in [0.4, 0.5) is 11.4 Å². The molecule has 23 heavy (non-hydrogen) atoms. The minimum absolute atomic E-state index is 0.0831. The van der Waals surface area contributed by atoms with Crippen LogP contribution in [0.25, 0.3) is 0 Å². The number of nitrogens with one attached hydrogen (secondary N) is 2. The van der Waals surface area contributed by atoms with Crippen molar-refractivity contribution >= 4 is 37.3 Å². The molecule has 0 spiro atoms. The first kappa shape index (κ1) is 17.7. The highest BCUT2D eigenvalue weighted by Gasteiger charge is 2.17. The fraction of sp³-hybridized carbons (Fsp3) is 0.267. The van der Waals surface area contributed by atoms with Gasteiger partial charge in [0.2, 0.25) is 0 Å². The molecule has 1 aromatic heterocycles. The van der Waals surface area contributed by atoms with Crippen LogP contribution in [-0.4, -0.2) is 31.2 Å². The van der Waals surface area contributed by atoms with Crippen LogP contribution in [0.15, 0.2) is 46.0 Å². The molecular formula is C15H18BrN3O3S. The lowest BCUT2D eigenvalue weighted by molar-refractivity contribution is 0.281. The number of halogens is 1. The third kappa shape index (κ3) is 4.66. The van der Waals surface area contributed by atoms with Crippen LogP contribution in [-0.2, 0) is 10.0 Å². The number of hydrogen-bond donors (Lipinski definition) is 3. The molecule has 0 aliphatic rings. The highest BCUT2D eigenvalue weighted by Crippen LogP contribution is 2.27. The van der Waals surface area contributed by atoms with E-state index < -0.39 is 10.0 Å². The molecule has 1 atom stereocenters. The van der Waals surface area contributed by atoms with Gasteiger partial charge in [0.25, 0.3) is 10.0 Å². The summed E-state index contributed by atoms with van der Waals surface area (Å²) >= 11 is 3.23. The number of rotatable bonds is 6. The van der Waals surface area contributed by atoms with Crippen molar-refractivity contribution in [1.82, 2.24) is 4.98 Å². The summed E-state index contributed by atoms with van der Waals surface area (Å²) < 4.78 is 28.1. The number of nitrogens with zero attached hydrogens (tertiary/aromatic N) is 1. The normalized spacial score (nSPS) is 12.7. The molecular weight excluding hydrogens is 382 g/mol. The van der Waals surface area contributed by atoms with Crippen molar-refractivity contribution in [3.63, 3.8) is 0 Å². The van der Waals surface area contributed by atoms with Gasteiger partial charge in [0.15, 0.2) is 0 Å². The Morgan fingerprint density at radius 2 is 1.91 bits per heavy atom. The van der Waals surface area contributed by atoms with Crippen molar-refractivity contribution in [2.24, 2.45) is 0 Å². The number of aromatic nitrogens is 1. The molecule has 0 bridgehead atoms. The molecule has 124 valence electrons. The molecule has 0 amide bonds. The minimum Gasteiger partial charge on any atom is -0.394 e. The van der Waals surface area contributed by atoms with Gasteiger partial charge in [-0.3, -0.25) is 4.72 Å². The van der Waals surface area contributed by atoms with Gasteiger partial charge in [-0.05, 0) is 48.0 Å². The van der Waals surface area contributed by atoms with Gasteiger partial charge in [-0.15, -0.1) is 0 Å². The molecule has 0 saturated carbocycles. The van der Waals surface area contributed by atoms with E-state index in [1.807, 2.05) is 6.92 Å². The summed E-state index contributed by atoms with van der Waals surface area (Å²) in [6.45, 7) is 3.59. The van der Waals surface area contributed by atoms with Crippen LogP contribution in [0.3, 0.4) is 0 Å². The summed E-state index contributed by atoms with van der Waals surface area (Å²) in [5.74, 6) is 0. The fourth-order valence-electron chi connectivity index (χ4n) is 1.86. The molecule has 3 N–H and O–H groups in total. The number of pyridine rings is 1. The Balaban J connectivity index is 2.34. The molecule has 1 unspecified atom stereocenters. The van der Waals surface area contributed by atoms with Crippen LogP contribution >= 0.6 is 15.9 Å². The lowest BCUT2D eigenvalue weighted by Gasteiger charge is -2.17. The Kier molecular flexibility index (Phi) is 5.61. The van der Waals surface area contributed by atoms with Gasteiger partial charge in [-0.1, -0.05) is 17.7 Å². The van der Waals surface area contributed by atoms with Crippen molar-refractivity contribution in [2.45, 2.75) is 24.8 Å². The number of aliphatic hydroxyl groups is 1. The number of aliphatic hydroxyl groups excluding tert-OH is 1. The van der Waals surface area contributed by atoms with E-state index in [0.717, 1.165) is 5.56 Å². The maximum atomic E-state index is 12.5. The summed E-state index contributed by atoms with van der Waals surface area (Å²) in [4.78, 5) is 4.26. The average Bonchev–Trinajstić information content (AvgIpc) is 2.50. The molecule has 1 heterocycles. The molecule has 2 rings (SSSR count). The maximum absolute atomic E-state index is 12.5. The van der Waals surface area contributed by atoms with Gasteiger partial charge in [-0.2, -0.15) is 0 Å². The third-order valence-corrected chi connectivity index (χ3v) is 4.94. The van der Waals surface area contributed by atoms with Gasteiger partial charge >= 0.3 is 0 Å². The molecule has 0 radical (unpaired) electrons. The predicted molar refractivity (Wildman–Crippen MR) is 94.1 cm³/mol. The monoisotopic (exact) mass is 399 g/mol. The maximum Gasteiger partial charge on any atom is 0.261 e. The van der Waals surface area contributed by atoms with E-state index in [0.29, 0.717) is 16.0 Å². The van der Waals surface area contributed by atoms with Gasteiger partial charge in [0.05, 0.1) is 29.1 Å². The second-order valence-electron chi connectivity index (χ2n) is 5.20. The molecule has 8 heteroatoms. The Hall–Kier alpha value is -1.64. The quantitative estimate of drug-likeness (QED) is 0.649. The van der Waals surface area contributed by atoms with Crippen LogP contribution in [0, 0.1) is 6.92 Å². The molecule has 0 aliphatic carbocycles. The number of hydrogen-bond acceptors (Lipinski definition) is 5. The van der Waals surface area contributed by atoms with Crippen molar-refractivity contribution in [1.29, 1.82) is 0 Å². The second-order valence-corrected chi connectivity index (χ2v) is 7.69. The van der Waals surface area contributed by atoms with E-state index in [4.69, 9.17) is 5.11 Å². The zero-order valence-corrected chi connectivity index (χ0v) is 15.1. The van der Waals surface area contributed by atoms with Crippen molar-refractivity contribution in [3.05, 3.63) is 46.7 Å². The van der Waals surface area contributed by atoms with Gasteiger partial charge in [0, 0.05) is 6.04 Å². The Labute approximate surface area is 144 Å². The molecule has 0 saturated heterocycles. The van der Waals surface area contributed by atoms with Crippen LogP contribution < -0.4 is 10.0 Å². The summed E-state index contributed by atoms with van der Waals surface area (Å²) in [5, 5.41) is 12.2. The summed E-state index contributed by atoms with van der Waals surface area (Å²) in [7, 11) is -3.71. The minimum atomic E-state index is -3.71. The van der Waals surface area contributed by atoms with Crippen molar-refractivity contribution in [2.75, 3.05) is 16.6 Å². The van der Waals surface area contributed by atoms with E-state index in [1.165, 1.54) is 6.20 Å². The Bertz CT molecular complexity index is 779. The summed E-state index contributed by atoms with van der Waals surface area (Å²) in [5.41, 5.74) is 1.83. The van der Waals surface area contributed by atoms with Crippen LogP contribution in [0.2, 0.25) is 0 Å². The van der Waals surface area contributed by atoms with E-state index in [9.17, 15) is 8.42 Å². The Morgan fingerprint density at radius 3 is 2.52 bits per heavy atom. The smallest absolute Gasteiger partial charge is 0.261 e. The van der Waals surface area contributed by atoms with Crippen molar-refractivity contribution in [3.8, 4) is 0 Å². The fourth-order valence-corrected chi connectivity index (χ4v) is 3.26. The lowest BCUT2D eigenvalue weighted by atomic mass is 10.2. The van der Waals surface area contributed by atoms with Crippen LogP contribution in [0.5, 0.6) is 0 Å². The number of aryl methyl sites for hydroxylation is 1. The summed E-state index contributed by atoms with van der Waals surface area (Å²) in [6.07, 6.45) is 1.50. The highest BCUT2D eigenvalue weighted by molar-refractivity contribution is 9.10. The van der Waals surface area contributed by atoms with E-state index in [2.05, 4.69) is 31.0 Å². The zero-order chi connectivity index (χ0) is 17.0. The average molecular weight is 400 g/mol. The first-order chi connectivity index (χ1) is 10.8. The predicted octanol–water partition coefficient (Wildman–Crippen LogP) is 2.75. The lowest BCUT2D eigenvalue weighted by Crippen LogP contribution is -2.21. The second kappa shape index (κ2) is 7.29. The molecule has 1 aromatic carbocycles. The van der Waals surface area contributed by atoms with Gasteiger partial charge < -0.3 is 10.4 Å². The van der Waals surface area contributed by atoms with E-state index >= 15 is 0 Å². The Morgan fingerprint density at radius 1 is 1.26 bits per heavy atom. The summed E-state index contributed by atoms with van der Waals surface area (Å²) in [6, 6.07) is 7.92. The highest BCUT2D eigenvalue weighted by atomic mass is 79.9. The number of sulfonamides is 1. The topological polar surface area (TPSA) is 91.3 Å². The SMILES string of the molecule is Cc1ccc(S(=O)(=O)Nc2cc(Br)ncc2NC(C)CO)cc1. The molecule has 2 aromatic rings.